The summed E-state index contributed by atoms with van der Waals surface area (Å²) in [6, 6.07) is 0. The van der Waals surface area contributed by atoms with Gasteiger partial charge in [-0.15, -0.1) is 0 Å². The Morgan fingerprint density at radius 3 is 1.92 bits per heavy atom. The van der Waals surface area contributed by atoms with Crippen LogP contribution in [0.5, 0.6) is 0 Å². The molecular formula is C33H56O4. The van der Waals surface area contributed by atoms with Crippen molar-refractivity contribution >= 4 is 11.9 Å². The zero-order valence-corrected chi connectivity index (χ0v) is 24.0. The van der Waals surface area contributed by atoms with Gasteiger partial charge in [0.2, 0.25) is 0 Å². The lowest BCUT2D eigenvalue weighted by Crippen LogP contribution is -2.16. The van der Waals surface area contributed by atoms with Crippen LogP contribution in [0.25, 0.3) is 0 Å². The maximum absolute atomic E-state index is 12.4. The van der Waals surface area contributed by atoms with Crippen molar-refractivity contribution < 1.29 is 19.4 Å². The Morgan fingerprint density at radius 2 is 1.22 bits per heavy atom. The molecular weight excluding hydrogens is 460 g/mol. The van der Waals surface area contributed by atoms with Crippen molar-refractivity contribution in [2.45, 2.75) is 148 Å². The second-order valence-corrected chi connectivity index (χ2v) is 9.90. The van der Waals surface area contributed by atoms with E-state index in [9.17, 15) is 9.59 Å². The fourth-order valence-electron chi connectivity index (χ4n) is 4.05. The van der Waals surface area contributed by atoms with Gasteiger partial charge in [-0.3, -0.25) is 9.59 Å². The molecule has 0 rings (SSSR count). The van der Waals surface area contributed by atoms with Crippen LogP contribution in [0, 0.1) is 0 Å². The van der Waals surface area contributed by atoms with Gasteiger partial charge in [0.05, 0.1) is 0 Å². The average molecular weight is 517 g/mol. The third-order valence-corrected chi connectivity index (χ3v) is 6.27. The molecule has 0 aromatic heterocycles. The lowest BCUT2D eigenvalue weighted by atomic mass is 10.1. The van der Waals surface area contributed by atoms with E-state index in [1.54, 1.807) is 0 Å². The average Bonchev–Trinajstić information content (AvgIpc) is 2.87. The van der Waals surface area contributed by atoms with Crippen molar-refractivity contribution in [2.24, 2.45) is 0 Å². The Kier molecular flexibility index (Phi) is 26.9. The first-order chi connectivity index (χ1) is 18.1. The van der Waals surface area contributed by atoms with Gasteiger partial charge < -0.3 is 9.84 Å². The molecule has 0 aromatic rings. The Bertz CT molecular complexity index is 645. The van der Waals surface area contributed by atoms with Crippen LogP contribution in [0.1, 0.15) is 142 Å². The number of carboxylic acid groups (broad SMARTS) is 1. The van der Waals surface area contributed by atoms with Crippen molar-refractivity contribution in [2.75, 3.05) is 0 Å². The molecule has 0 aromatic carbocycles. The van der Waals surface area contributed by atoms with Crippen LogP contribution in [0.2, 0.25) is 0 Å². The van der Waals surface area contributed by atoms with Crippen LogP contribution in [0.4, 0.5) is 0 Å². The number of unbranched alkanes of at least 4 members (excludes halogenated alkanes) is 11. The molecule has 1 atom stereocenters. The van der Waals surface area contributed by atoms with E-state index < -0.39 is 5.97 Å². The molecule has 0 saturated heterocycles. The van der Waals surface area contributed by atoms with E-state index in [1.165, 1.54) is 32.1 Å². The van der Waals surface area contributed by atoms with Gasteiger partial charge in [-0.1, -0.05) is 101 Å². The topological polar surface area (TPSA) is 63.6 Å². The monoisotopic (exact) mass is 516 g/mol. The molecule has 4 nitrogen and oxygen atoms in total. The summed E-state index contributed by atoms with van der Waals surface area (Å²) >= 11 is 0. The van der Waals surface area contributed by atoms with Gasteiger partial charge in [-0.25, -0.2) is 0 Å². The SMILES string of the molecule is CC/C=C\C/C=C\C/C=C\CCCCCC(=O)OC(/C=C\CCCCCCC)CCCCCCC(=O)O. The second kappa shape index (κ2) is 28.5. The molecule has 0 heterocycles. The van der Waals surface area contributed by atoms with Crippen LogP contribution in [0.3, 0.4) is 0 Å². The maximum atomic E-state index is 12.4. The van der Waals surface area contributed by atoms with E-state index in [1.807, 2.05) is 0 Å². The number of carbonyl (C=O) groups excluding carboxylic acids is 1. The highest BCUT2D eigenvalue weighted by Crippen LogP contribution is 2.14. The van der Waals surface area contributed by atoms with Crippen LogP contribution in [-0.4, -0.2) is 23.1 Å². The zero-order valence-electron chi connectivity index (χ0n) is 24.0. The van der Waals surface area contributed by atoms with Gasteiger partial charge in [0.25, 0.3) is 0 Å². The van der Waals surface area contributed by atoms with E-state index in [-0.39, 0.29) is 18.5 Å². The minimum absolute atomic E-state index is 0.0960. The van der Waals surface area contributed by atoms with E-state index in [4.69, 9.17) is 9.84 Å². The number of carboxylic acids is 1. The summed E-state index contributed by atoms with van der Waals surface area (Å²) in [7, 11) is 0. The molecule has 0 aliphatic carbocycles. The maximum Gasteiger partial charge on any atom is 0.306 e. The van der Waals surface area contributed by atoms with Gasteiger partial charge in [-0.05, 0) is 76.7 Å². The first-order valence-corrected chi connectivity index (χ1v) is 15.1. The lowest BCUT2D eigenvalue weighted by Gasteiger charge is -2.15. The smallest absolute Gasteiger partial charge is 0.306 e. The van der Waals surface area contributed by atoms with E-state index in [0.717, 1.165) is 83.5 Å². The summed E-state index contributed by atoms with van der Waals surface area (Å²) < 4.78 is 5.80. The lowest BCUT2D eigenvalue weighted by molar-refractivity contribution is -0.147. The van der Waals surface area contributed by atoms with Gasteiger partial charge in [0.1, 0.15) is 6.10 Å². The summed E-state index contributed by atoms with van der Waals surface area (Å²) in [6.45, 7) is 4.38. The Hall–Kier alpha value is -2.10. The summed E-state index contributed by atoms with van der Waals surface area (Å²) in [4.78, 5) is 23.1. The molecule has 0 aliphatic rings. The van der Waals surface area contributed by atoms with E-state index in [0.29, 0.717) is 6.42 Å². The van der Waals surface area contributed by atoms with Gasteiger partial charge in [0.15, 0.2) is 0 Å². The molecule has 0 aliphatic heterocycles. The fraction of sp³-hybridized carbons (Fsp3) is 0.697. The number of hydrogen-bond donors (Lipinski definition) is 1. The van der Waals surface area contributed by atoms with Crippen molar-refractivity contribution in [3.8, 4) is 0 Å². The first kappa shape index (κ1) is 34.9. The van der Waals surface area contributed by atoms with Gasteiger partial charge in [0, 0.05) is 12.8 Å². The molecule has 0 radical (unpaired) electrons. The van der Waals surface area contributed by atoms with Gasteiger partial charge >= 0.3 is 11.9 Å². The number of ether oxygens (including phenoxy) is 1. The number of aliphatic carboxylic acids is 1. The van der Waals surface area contributed by atoms with Gasteiger partial charge in [-0.2, -0.15) is 0 Å². The Morgan fingerprint density at radius 1 is 0.649 bits per heavy atom. The molecule has 0 saturated carbocycles. The quantitative estimate of drug-likeness (QED) is 0.0705. The van der Waals surface area contributed by atoms with E-state index in [2.05, 4.69) is 62.5 Å². The molecule has 4 heteroatoms. The highest BCUT2D eigenvalue weighted by atomic mass is 16.5. The molecule has 1 unspecified atom stereocenters. The predicted octanol–water partition coefficient (Wildman–Crippen LogP) is 10.0. The van der Waals surface area contributed by atoms with Crippen LogP contribution < -0.4 is 0 Å². The molecule has 37 heavy (non-hydrogen) atoms. The molecule has 0 fully saturated rings. The predicted molar refractivity (Wildman–Crippen MR) is 158 cm³/mol. The van der Waals surface area contributed by atoms with Crippen molar-refractivity contribution in [3.05, 3.63) is 48.6 Å². The standard InChI is InChI=1S/C33H56O4/c1-3-5-7-9-11-12-13-14-15-16-18-20-26-30-33(36)37-31(27-23-19-17-10-8-6-4-2)28-24-21-22-25-29-32(34)35/h5,7,11-12,14-15,23,27,31H,3-4,6,8-10,13,16-22,24-26,28-30H2,1-2H3,(H,34,35)/b7-5-,12-11-,15-14-,27-23-. The second-order valence-electron chi connectivity index (χ2n) is 9.90. The number of hydrogen-bond acceptors (Lipinski definition) is 3. The summed E-state index contributed by atoms with van der Waals surface area (Å²) in [6.07, 6.45) is 37.0. The minimum Gasteiger partial charge on any atom is -0.481 e. The first-order valence-electron chi connectivity index (χ1n) is 15.1. The minimum atomic E-state index is -0.729. The number of carbonyl (C=O) groups is 2. The third kappa shape index (κ3) is 28.3. The normalized spacial score (nSPS) is 12.9. The number of allylic oxidation sites excluding steroid dienone is 7. The van der Waals surface area contributed by atoms with Crippen LogP contribution in [0.15, 0.2) is 48.6 Å². The Labute approximate surface area is 228 Å². The Balaban J connectivity index is 4.15. The zero-order chi connectivity index (χ0) is 27.2. The van der Waals surface area contributed by atoms with Crippen molar-refractivity contribution in [1.82, 2.24) is 0 Å². The summed E-state index contributed by atoms with van der Waals surface area (Å²) in [5, 5.41) is 8.76. The molecule has 1 N–H and O–H groups in total. The number of rotatable bonds is 26. The van der Waals surface area contributed by atoms with Crippen molar-refractivity contribution in [1.29, 1.82) is 0 Å². The molecule has 0 bridgehead atoms. The molecule has 0 spiro atoms. The largest absolute Gasteiger partial charge is 0.481 e. The number of esters is 1. The molecule has 212 valence electrons. The molecule has 0 amide bonds. The summed E-state index contributed by atoms with van der Waals surface area (Å²) in [5.74, 6) is -0.825. The van der Waals surface area contributed by atoms with E-state index >= 15 is 0 Å². The van der Waals surface area contributed by atoms with Crippen LogP contribution in [-0.2, 0) is 14.3 Å². The van der Waals surface area contributed by atoms with Crippen LogP contribution >= 0.6 is 0 Å². The van der Waals surface area contributed by atoms with Crippen molar-refractivity contribution in [3.63, 3.8) is 0 Å². The summed E-state index contributed by atoms with van der Waals surface area (Å²) in [5.41, 5.74) is 0. The highest BCUT2D eigenvalue weighted by molar-refractivity contribution is 5.69. The third-order valence-electron chi connectivity index (χ3n) is 6.27. The fourth-order valence-corrected chi connectivity index (χ4v) is 4.05. The highest BCUT2D eigenvalue weighted by Gasteiger charge is 2.11.